The molecule has 0 aliphatic rings. The van der Waals surface area contributed by atoms with Crippen LogP contribution in [0, 0.1) is 0 Å². The molecular weight excluding hydrogens is 306 g/mol. The number of carbonyl (C=O) groups excluding carboxylic acids is 1. The Morgan fingerprint density at radius 2 is 1.92 bits per heavy atom. The molecule has 1 amide bonds. The molecule has 0 fully saturated rings. The summed E-state index contributed by atoms with van der Waals surface area (Å²) in [5.74, 6) is 0.191. The first-order chi connectivity index (χ1) is 11.3. The van der Waals surface area contributed by atoms with Gasteiger partial charge in [-0.25, -0.2) is 0 Å². The number of nitrogens with zero attached hydrogens (tertiary/aromatic N) is 3. The van der Waals surface area contributed by atoms with Crippen molar-refractivity contribution in [3.63, 3.8) is 0 Å². The number of rotatable bonds is 7. The van der Waals surface area contributed by atoms with E-state index in [4.69, 9.17) is 10.5 Å². The highest BCUT2D eigenvalue weighted by molar-refractivity contribution is 5.96. The Kier molecular flexibility index (Phi) is 5.56. The van der Waals surface area contributed by atoms with E-state index >= 15 is 0 Å². The highest BCUT2D eigenvalue weighted by Gasteiger charge is 2.19. The van der Waals surface area contributed by atoms with E-state index in [1.54, 1.807) is 7.11 Å². The van der Waals surface area contributed by atoms with Crippen molar-refractivity contribution in [1.82, 2.24) is 20.3 Å². The molecule has 0 saturated carbocycles. The van der Waals surface area contributed by atoms with Gasteiger partial charge in [0.2, 0.25) is 0 Å². The average Bonchev–Trinajstić information content (AvgIpc) is 3.01. The highest BCUT2D eigenvalue weighted by Crippen LogP contribution is 2.28. The quantitative estimate of drug-likeness (QED) is 0.810. The summed E-state index contributed by atoms with van der Waals surface area (Å²) < 4.78 is 5.49. The number of aromatic amines is 1. The van der Waals surface area contributed by atoms with Crippen molar-refractivity contribution in [1.29, 1.82) is 0 Å². The predicted molar refractivity (Wildman–Crippen MR) is 92.7 cm³/mol. The van der Waals surface area contributed by atoms with Crippen LogP contribution < -0.4 is 10.5 Å². The number of H-pyrrole nitrogens is 1. The third-order valence-electron chi connectivity index (χ3n) is 4.01. The topological polar surface area (TPSA) is 97.1 Å². The van der Waals surface area contributed by atoms with Gasteiger partial charge in [-0.2, -0.15) is 15.4 Å². The monoisotopic (exact) mass is 331 g/mol. The lowest BCUT2D eigenvalue weighted by Crippen LogP contribution is -2.36. The largest absolute Gasteiger partial charge is 0.496 e. The van der Waals surface area contributed by atoms with E-state index in [-0.39, 0.29) is 5.69 Å². The normalized spacial score (nSPS) is 11.5. The minimum absolute atomic E-state index is 0.135. The number of aromatic nitrogens is 3. The summed E-state index contributed by atoms with van der Waals surface area (Å²) >= 11 is 0. The lowest BCUT2D eigenvalue weighted by atomic mass is 10.0. The van der Waals surface area contributed by atoms with Gasteiger partial charge in [-0.15, -0.1) is 0 Å². The molecule has 0 spiro atoms. The second-order valence-electron chi connectivity index (χ2n) is 6.27. The van der Waals surface area contributed by atoms with Crippen LogP contribution in [-0.4, -0.2) is 45.4 Å². The third-order valence-corrected chi connectivity index (χ3v) is 4.01. The van der Waals surface area contributed by atoms with Crippen molar-refractivity contribution in [2.24, 2.45) is 5.73 Å². The standard InChI is InChI=1S/C17H25N5O2/c1-10(2)22(11(3)4)9-13-8-12(6-7-14(13)24-5)15-16(17(18)23)20-21-19-15/h6-8,10-11H,9H2,1-5H3,(H2,18,23)(H,19,20,21). The number of ether oxygens (including phenoxy) is 1. The zero-order valence-electron chi connectivity index (χ0n) is 14.8. The number of methoxy groups -OCH3 is 1. The van der Waals surface area contributed by atoms with Crippen molar-refractivity contribution < 1.29 is 9.53 Å². The fourth-order valence-electron chi connectivity index (χ4n) is 2.81. The number of hydrogen-bond acceptors (Lipinski definition) is 5. The van der Waals surface area contributed by atoms with Crippen molar-refractivity contribution in [3.8, 4) is 17.0 Å². The summed E-state index contributed by atoms with van der Waals surface area (Å²) in [5, 5.41) is 10.4. The molecule has 0 aliphatic heterocycles. The molecule has 0 bridgehead atoms. The summed E-state index contributed by atoms with van der Waals surface area (Å²) in [6.07, 6.45) is 0. The van der Waals surface area contributed by atoms with Crippen LogP contribution in [0.3, 0.4) is 0 Å². The molecule has 7 heteroatoms. The second-order valence-corrected chi connectivity index (χ2v) is 6.27. The molecule has 1 aromatic heterocycles. The molecule has 7 nitrogen and oxygen atoms in total. The van der Waals surface area contributed by atoms with E-state index in [9.17, 15) is 4.79 Å². The molecule has 0 atom stereocenters. The summed E-state index contributed by atoms with van der Waals surface area (Å²) in [5.41, 5.74) is 7.74. The van der Waals surface area contributed by atoms with Gasteiger partial charge in [0.1, 0.15) is 11.4 Å². The number of nitrogens with one attached hydrogen (secondary N) is 1. The van der Waals surface area contributed by atoms with Crippen LogP contribution >= 0.6 is 0 Å². The molecule has 0 saturated heterocycles. The molecule has 24 heavy (non-hydrogen) atoms. The molecular formula is C17H25N5O2. The Bertz CT molecular complexity index is 701. The van der Waals surface area contributed by atoms with Crippen LogP contribution in [0.15, 0.2) is 18.2 Å². The molecule has 0 aliphatic carbocycles. The Balaban J connectivity index is 2.44. The lowest BCUT2D eigenvalue weighted by Gasteiger charge is -2.31. The first kappa shape index (κ1) is 17.9. The number of benzene rings is 1. The molecule has 2 rings (SSSR count). The van der Waals surface area contributed by atoms with Crippen molar-refractivity contribution in [2.75, 3.05) is 7.11 Å². The molecule has 1 aromatic carbocycles. The molecule has 1 heterocycles. The lowest BCUT2D eigenvalue weighted by molar-refractivity contribution is 0.0996. The molecule has 0 unspecified atom stereocenters. The van der Waals surface area contributed by atoms with Gasteiger partial charge in [0, 0.05) is 29.8 Å². The van der Waals surface area contributed by atoms with Gasteiger partial charge in [0.05, 0.1) is 7.11 Å². The Hall–Kier alpha value is -2.41. The van der Waals surface area contributed by atoms with E-state index in [1.165, 1.54) is 0 Å². The van der Waals surface area contributed by atoms with Crippen LogP contribution in [-0.2, 0) is 6.54 Å². The van der Waals surface area contributed by atoms with Gasteiger partial charge in [0.15, 0.2) is 5.69 Å². The summed E-state index contributed by atoms with van der Waals surface area (Å²) in [6.45, 7) is 9.40. The molecule has 2 aromatic rings. The maximum atomic E-state index is 11.5. The molecule has 130 valence electrons. The Morgan fingerprint density at radius 3 is 2.46 bits per heavy atom. The van der Waals surface area contributed by atoms with Crippen LogP contribution in [0.25, 0.3) is 11.3 Å². The van der Waals surface area contributed by atoms with Gasteiger partial charge in [-0.05, 0) is 45.9 Å². The summed E-state index contributed by atoms with van der Waals surface area (Å²) in [7, 11) is 1.65. The highest BCUT2D eigenvalue weighted by atomic mass is 16.5. The smallest absolute Gasteiger partial charge is 0.271 e. The first-order valence-corrected chi connectivity index (χ1v) is 7.98. The first-order valence-electron chi connectivity index (χ1n) is 7.98. The number of hydrogen-bond donors (Lipinski definition) is 2. The SMILES string of the molecule is COc1ccc(-c2n[nH]nc2C(N)=O)cc1CN(C(C)C)C(C)C. The van der Waals surface area contributed by atoms with Crippen LogP contribution in [0.1, 0.15) is 43.7 Å². The molecule has 0 radical (unpaired) electrons. The van der Waals surface area contributed by atoms with Crippen molar-refractivity contribution in [2.45, 2.75) is 46.3 Å². The number of carbonyl (C=O) groups is 1. The predicted octanol–water partition coefficient (Wildman–Crippen LogP) is 2.20. The van der Waals surface area contributed by atoms with Crippen LogP contribution in [0.4, 0.5) is 0 Å². The van der Waals surface area contributed by atoms with Gasteiger partial charge < -0.3 is 10.5 Å². The zero-order chi connectivity index (χ0) is 17.9. The van der Waals surface area contributed by atoms with Gasteiger partial charge in [0.25, 0.3) is 5.91 Å². The van der Waals surface area contributed by atoms with E-state index in [1.807, 2.05) is 18.2 Å². The molecule has 3 N–H and O–H groups in total. The van der Waals surface area contributed by atoms with Gasteiger partial charge >= 0.3 is 0 Å². The maximum absolute atomic E-state index is 11.5. The van der Waals surface area contributed by atoms with E-state index < -0.39 is 5.91 Å². The second kappa shape index (κ2) is 7.44. The Morgan fingerprint density at radius 1 is 1.25 bits per heavy atom. The minimum atomic E-state index is -0.609. The van der Waals surface area contributed by atoms with Crippen LogP contribution in [0.5, 0.6) is 5.75 Å². The van der Waals surface area contributed by atoms with Crippen molar-refractivity contribution in [3.05, 3.63) is 29.5 Å². The van der Waals surface area contributed by atoms with Gasteiger partial charge in [-0.3, -0.25) is 9.69 Å². The average molecular weight is 331 g/mol. The fraction of sp³-hybridized carbons (Fsp3) is 0.471. The summed E-state index contributed by atoms with van der Waals surface area (Å²) in [6, 6.07) is 6.49. The zero-order valence-corrected chi connectivity index (χ0v) is 14.8. The minimum Gasteiger partial charge on any atom is -0.496 e. The van der Waals surface area contributed by atoms with Crippen molar-refractivity contribution >= 4 is 5.91 Å². The van der Waals surface area contributed by atoms with Gasteiger partial charge in [-0.1, -0.05) is 0 Å². The fourth-order valence-corrected chi connectivity index (χ4v) is 2.81. The number of primary amides is 1. The van der Waals surface area contributed by atoms with E-state index in [2.05, 4.69) is 48.0 Å². The van der Waals surface area contributed by atoms with E-state index in [0.717, 1.165) is 23.4 Å². The number of amides is 1. The number of nitrogens with two attached hydrogens (primary N) is 1. The Labute approximate surface area is 142 Å². The third kappa shape index (κ3) is 3.73. The maximum Gasteiger partial charge on any atom is 0.271 e. The van der Waals surface area contributed by atoms with E-state index in [0.29, 0.717) is 17.8 Å². The van der Waals surface area contributed by atoms with Crippen LogP contribution in [0.2, 0.25) is 0 Å². The summed E-state index contributed by atoms with van der Waals surface area (Å²) in [4.78, 5) is 13.8.